The predicted octanol–water partition coefficient (Wildman–Crippen LogP) is 14.1. The Morgan fingerprint density at radius 1 is 0.418 bits per heavy atom. The van der Waals surface area contributed by atoms with Crippen molar-refractivity contribution in [2.75, 3.05) is 4.90 Å². The summed E-state index contributed by atoms with van der Waals surface area (Å²) in [4.78, 5) is 2.31. The van der Waals surface area contributed by atoms with Crippen molar-refractivity contribution in [1.29, 1.82) is 0 Å². The van der Waals surface area contributed by atoms with E-state index in [4.69, 9.17) is 4.42 Å². The van der Waals surface area contributed by atoms with Crippen LogP contribution >= 0.6 is 0 Å². The molecule has 0 radical (unpaired) electrons. The Bertz CT molecular complexity index is 2500. The highest BCUT2D eigenvalue weighted by atomic mass is 16.4. The Kier molecular flexibility index (Phi) is 9.17. The molecule has 4 nitrogen and oxygen atoms in total. The Balaban J connectivity index is 1.04. The van der Waals surface area contributed by atoms with Crippen molar-refractivity contribution < 1.29 is 4.42 Å². The van der Waals surface area contributed by atoms with Crippen molar-refractivity contribution in [2.45, 2.75) is 44.9 Å². The van der Waals surface area contributed by atoms with E-state index < -0.39 is 0 Å². The second-order valence-corrected chi connectivity index (χ2v) is 14.5. The van der Waals surface area contributed by atoms with Crippen LogP contribution in [0, 0.1) is 0 Å². The van der Waals surface area contributed by atoms with E-state index in [-0.39, 0.29) is 5.41 Å². The minimum Gasteiger partial charge on any atom is -0.416 e. The van der Waals surface area contributed by atoms with Gasteiger partial charge in [0.2, 0.25) is 11.8 Å². The molecular formula is C51H43N3O. The smallest absolute Gasteiger partial charge is 0.248 e. The summed E-state index contributed by atoms with van der Waals surface area (Å²) in [5.74, 6) is 1.05. The van der Waals surface area contributed by atoms with Crippen LogP contribution < -0.4 is 4.90 Å². The number of hydrogen-bond donors (Lipinski definition) is 0. The van der Waals surface area contributed by atoms with Gasteiger partial charge in [-0.15, -0.1) is 10.2 Å². The van der Waals surface area contributed by atoms with E-state index in [2.05, 4.69) is 175 Å². The van der Waals surface area contributed by atoms with E-state index in [0.29, 0.717) is 11.8 Å². The topological polar surface area (TPSA) is 42.2 Å². The highest BCUT2D eigenvalue weighted by Gasteiger charge is 2.42. The maximum absolute atomic E-state index is 6.05. The highest BCUT2D eigenvalue weighted by molar-refractivity contribution is 5.87. The monoisotopic (exact) mass is 713 g/mol. The van der Waals surface area contributed by atoms with Crippen LogP contribution in [0.15, 0.2) is 180 Å². The first kappa shape index (κ1) is 34.3. The summed E-state index contributed by atoms with van der Waals surface area (Å²) in [6.45, 7) is 4.65. The average molecular weight is 714 g/mol. The van der Waals surface area contributed by atoms with E-state index in [0.717, 1.165) is 53.9 Å². The number of fused-ring (bicyclic) bond motifs is 3. The standard InChI is InChI=1S/C51H43N3O/c1-3-32-51(33-4-2)47-34-40(36-20-22-39(23-21-36)50-53-52-49(55-50)38-14-8-5-9-15-38)26-30-45(47)46-31-27-41(35-48(46)51)37-24-28-44(29-25-37)54(42-16-10-6-11-17-42)43-18-12-7-13-19-43/h5-31,34-35H,3-4,32-33H2,1-2H3. The third-order valence-corrected chi connectivity index (χ3v) is 11.1. The van der Waals surface area contributed by atoms with Gasteiger partial charge >= 0.3 is 0 Å². The third kappa shape index (κ3) is 6.34. The molecule has 9 rings (SSSR count). The van der Waals surface area contributed by atoms with Gasteiger partial charge in [0.25, 0.3) is 0 Å². The fourth-order valence-electron chi connectivity index (χ4n) is 8.62. The summed E-state index contributed by atoms with van der Waals surface area (Å²) < 4.78 is 6.05. The zero-order valence-electron chi connectivity index (χ0n) is 31.3. The summed E-state index contributed by atoms with van der Waals surface area (Å²) in [6, 6.07) is 62.9. The van der Waals surface area contributed by atoms with Crippen molar-refractivity contribution in [3.8, 4) is 56.3 Å². The van der Waals surface area contributed by atoms with Crippen LogP contribution in [-0.4, -0.2) is 10.2 Å². The van der Waals surface area contributed by atoms with Crippen LogP contribution in [0.5, 0.6) is 0 Å². The molecule has 7 aromatic carbocycles. The zero-order chi connectivity index (χ0) is 37.2. The molecule has 0 aliphatic heterocycles. The molecule has 0 unspecified atom stereocenters. The largest absolute Gasteiger partial charge is 0.416 e. The Hall–Kier alpha value is -6.52. The van der Waals surface area contributed by atoms with Gasteiger partial charge in [-0.2, -0.15) is 0 Å². The van der Waals surface area contributed by atoms with Gasteiger partial charge < -0.3 is 9.32 Å². The highest BCUT2D eigenvalue weighted by Crippen LogP contribution is 2.55. The lowest BCUT2D eigenvalue weighted by molar-refractivity contribution is 0.436. The lowest BCUT2D eigenvalue weighted by Gasteiger charge is -2.32. The van der Waals surface area contributed by atoms with E-state index in [9.17, 15) is 0 Å². The summed E-state index contributed by atoms with van der Waals surface area (Å²) in [5, 5.41) is 8.64. The number of aromatic nitrogens is 2. The first-order valence-electron chi connectivity index (χ1n) is 19.4. The van der Waals surface area contributed by atoms with Crippen molar-refractivity contribution in [2.24, 2.45) is 0 Å². The molecule has 1 heterocycles. The predicted molar refractivity (Wildman–Crippen MR) is 227 cm³/mol. The second-order valence-electron chi connectivity index (χ2n) is 14.5. The Morgan fingerprint density at radius 3 is 1.27 bits per heavy atom. The number of para-hydroxylation sites is 2. The maximum atomic E-state index is 6.05. The molecule has 1 aliphatic rings. The molecule has 0 bridgehead atoms. The molecule has 55 heavy (non-hydrogen) atoms. The van der Waals surface area contributed by atoms with Crippen molar-refractivity contribution in [1.82, 2.24) is 10.2 Å². The third-order valence-electron chi connectivity index (χ3n) is 11.1. The Morgan fingerprint density at radius 2 is 0.800 bits per heavy atom. The van der Waals surface area contributed by atoms with Gasteiger partial charge in [-0.1, -0.05) is 130 Å². The number of hydrogen-bond acceptors (Lipinski definition) is 4. The van der Waals surface area contributed by atoms with Crippen LogP contribution in [0.2, 0.25) is 0 Å². The van der Waals surface area contributed by atoms with Gasteiger partial charge in [0, 0.05) is 33.6 Å². The summed E-state index contributed by atoms with van der Waals surface area (Å²) in [5.41, 5.74) is 15.7. The van der Waals surface area contributed by atoms with Gasteiger partial charge in [0.15, 0.2) is 0 Å². The van der Waals surface area contributed by atoms with E-state index >= 15 is 0 Å². The number of anilines is 3. The number of nitrogens with zero attached hydrogens (tertiary/aromatic N) is 3. The molecule has 8 aromatic rings. The quantitative estimate of drug-likeness (QED) is 0.134. The van der Waals surface area contributed by atoms with Gasteiger partial charge in [-0.3, -0.25) is 0 Å². The summed E-state index contributed by atoms with van der Waals surface area (Å²) in [7, 11) is 0. The first-order valence-corrected chi connectivity index (χ1v) is 19.4. The minimum atomic E-state index is -0.0465. The molecule has 0 saturated heterocycles. The first-order chi connectivity index (χ1) is 27.1. The zero-order valence-corrected chi connectivity index (χ0v) is 31.3. The lowest BCUT2D eigenvalue weighted by Crippen LogP contribution is -2.25. The molecular weight excluding hydrogens is 671 g/mol. The molecule has 268 valence electrons. The van der Waals surface area contributed by atoms with Gasteiger partial charge in [0.05, 0.1) is 0 Å². The molecule has 0 fully saturated rings. The van der Waals surface area contributed by atoms with Gasteiger partial charge in [-0.05, 0) is 130 Å². The van der Waals surface area contributed by atoms with Crippen molar-refractivity contribution in [3.63, 3.8) is 0 Å². The molecule has 0 N–H and O–H groups in total. The average Bonchev–Trinajstić information content (AvgIpc) is 3.85. The second kappa shape index (κ2) is 14.7. The summed E-state index contributed by atoms with van der Waals surface area (Å²) >= 11 is 0. The van der Waals surface area contributed by atoms with Crippen LogP contribution in [-0.2, 0) is 5.41 Å². The normalized spacial score (nSPS) is 12.6. The molecule has 0 spiro atoms. The van der Waals surface area contributed by atoms with Crippen LogP contribution in [0.3, 0.4) is 0 Å². The summed E-state index contributed by atoms with van der Waals surface area (Å²) in [6.07, 6.45) is 4.44. The van der Waals surface area contributed by atoms with E-state index in [1.54, 1.807) is 0 Å². The molecule has 0 atom stereocenters. The molecule has 4 heteroatoms. The molecule has 0 amide bonds. The van der Waals surface area contributed by atoms with Crippen LogP contribution in [0.1, 0.15) is 50.7 Å². The van der Waals surface area contributed by atoms with E-state index in [1.807, 2.05) is 30.3 Å². The molecule has 0 saturated carbocycles. The van der Waals surface area contributed by atoms with Crippen molar-refractivity contribution >= 4 is 17.1 Å². The van der Waals surface area contributed by atoms with Gasteiger partial charge in [-0.25, -0.2) is 0 Å². The minimum absolute atomic E-state index is 0.0465. The maximum Gasteiger partial charge on any atom is 0.248 e. The van der Waals surface area contributed by atoms with Crippen LogP contribution in [0.25, 0.3) is 56.3 Å². The molecule has 1 aliphatic carbocycles. The van der Waals surface area contributed by atoms with E-state index in [1.165, 1.54) is 44.5 Å². The fourth-order valence-corrected chi connectivity index (χ4v) is 8.62. The van der Waals surface area contributed by atoms with Crippen LogP contribution in [0.4, 0.5) is 17.1 Å². The molecule has 1 aromatic heterocycles. The fraction of sp³-hybridized carbons (Fsp3) is 0.137. The number of rotatable bonds is 11. The van der Waals surface area contributed by atoms with Crippen molar-refractivity contribution in [3.05, 3.63) is 187 Å². The Labute approximate surface area is 323 Å². The number of benzene rings is 7. The van der Waals surface area contributed by atoms with Gasteiger partial charge in [0.1, 0.15) is 0 Å². The SMILES string of the molecule is CCCC1(CCC)c2cc(-c3ccc(-c4nnc(-c5ccccc5)o4)cc3)ccc2-c2ccc(-c3ccc(N(c4ccccc4)c4ccccc4)cc3)cc21. The lowest BCUT2D eigenvalue weighted by atomic mass is 9.71.